The van der Waals surface area contributed by atoms with E-state index >= 15 is 0 Å². The number of aromatic nitrogens is 1. The predicted octanol–water partition coefficient (Wildman–Crippen LogP) is 6.69. The summed E-state index contributed by atoms with van der Waals surface area (Å²) in [6.45, 7) is 0. The Bertz CT molecular complexity index is 1420. The summed E-state index contributed by atoms with van der Waals surface area (Å²) in [4.78, 5) is 17.3. The van der Waals surface area contributed by atoms with Crippen LogP contribution in [0.2, 0.25) is 5.02 Å². The Kier molecular flexibility index (Phi) is 4.45. The van der Waals surface area contributed by atoms with Gasteiger partial charge in [-0.2, -0.15) is 0 Å². The van der Waals surface area contributed by atoms with E-state index in [0.29, 0.717) is 27.9 Å². The van der Waals surface area contributed by atoms with Crippen LogP contribution in [0.15, 0.2) is 83.3 Å². The Hall–Kier alpha value is -3.70. The molecule has 0 aliphatic carbocycles. The molecular formula is C24H14ClFN2O2. The first kappa shape index (κ1) is 18.3. The van der Waals surface area contributed by atoms with Gasteiger partial charge in [0.25, 0.3) is 5.91 Å². The lowest BCUT2D eigenvalue weighted by molar-refractivity contribution is 0.102. The van der Waals surface area contributed by atoms with Crippen molar-refractivity contribution in [2.45, 2.75) is 0 Å². The number of nitrogens with zero attached hydrogens (tertiary/aromatic N) is 1. The second-order valence-electron chi connectivity index (χ2n) is 6.81. The summed E-state index contributed by atoms with van der Waals surface area (Å²) in [5, 5.41) is 5.01. The molecule has 6 heteroatoms. The molecular weight excluding hydrogens is 403 g/mol. The number of halogens is 2. The number of anilines is 1. The predicted molar refractivity (Wildman–Crippen MR) is 116 cm³/mol. The third-order valence-corrected chi connectivity index (χ3v) is 5.15. The van der Waals surface area contributed by atoms with Gasteiger partial charge in [-0.3, -0.25) is 4.79 Å². The Labute approximate surface area is 175 Å². The minimum Gasteiger partial charge on any atom is -0.436 e. The van der Waals surface area contributed by atoms with Gasteiger partial charge in [0.1, 0.15) is 11.3 Å². The highest BCUT2D eigenvalue weighted by Gasteiger charge is 2.14. The largest absolute Gasteiger partial charge is 0.436 e. The third kappa shape index (κ3) is 3.29. The Morgan fingerprint density at radius 1 is 0.967 bits per heavy atom. The summed E-state index contributed by atoms with van der Waals surface area (Å²) in [6.07, 6.45) is 0. The molecule has 0 atom stereocenters. The van der Waals surface area contributed by atoms with Crippen LogP contribution < -0.4 is 5.32 Å². The van der Waals surface area contributed by atoms with E-state index in [0.717, 1.165) is 10.8 Å². The molecule has 0 aliphatic rings. The van der Waals surface area contributed by atoms with E-state index in [4.69, 9.17) is 16.0 Å². The molecule has 0 radical (unpaired) electrons. The van der Waals surface area contributed by atoms with Crippen LogP contribution >= 0.6 is 11.6 Å². The molecule has 146 valence electrons. The van der Waals surface area contributed by atoms with E-state index in [1.54, 1.807) is 24.3 Å². The minimum absolute atomic E-state index is 0.212. The number of hydrogen-bond acceptors (Lipinski definition) is 3. The van der Waals surface area contributed by atoms with E-state index in [9.17, 15) is 9.18 Å². The van der Waals surface area contributed by atoms with Crippen molar-refractivity contribution >= 4 is 45.1 Å². The molecule has 1 aromatic heterocycles. The van der Waals surface area contributed by atoms with Crippen LogP contribution in [0.4, 0.5) is 10.1 Å². The number of amides is 1. The first-order chi connectivity index (χ1) is 14.6. The normalized spacial score (nSPS) is 11.1. The lowest BCUT2D eigenvalue weighted by Gasteiger charge is -2.08. The fraction of sp³-hybridized carbons (Fsp3) is 0. The van der Waals surface area contributed by atoms with Crippen molar-refractivity contribution in [1.29, 1.82) is 0 Å². The topological polar surface area (TPSA) is 55.1 Å². The molecule has 0 saturated carbocycles. The van der Waals surface area contributed by atoms with Crippen LogP contribution in [0, 0.1) is 5.82 Å². The molecule has 0 aliphatic heterocycles. The van der Waals surface area contributed by atoms with Crippen molar-refractivity contribution in [2.75, 3.05) is 5.32 Å². The van der Waals surface area contributed by atoms with Gasteiger partial charge in [0, 0.05) is 11.3 Å². The van der Waals surface area contributed by atoms with Crippen LogP contribution in [-0.2, 0) is 0 Å². The second kappa shape index (κ2) is 7.28. The molecule has 4 nitrogen and oxygen atoms in total. The standard InChI is InChI=1S/C24H14ClFN2O2/c25-20-12-15(26)8-10-19(20)24-28-21-13-16(9-11-22(21)30-24)27-23(29)18-7-3-5-14-4-1-2-6-17(14)18/h1-13H,(H,27,29). The molecule has 0 bridgehead atoms. The van der Waals surface area contributed by atoms with Gasteiger partial charge in [-0.25, -0.2) is 9.37 Å². The van der Waals surface area contributed by atoms with Crippen molar-refractivity contribution in [3.05, 3.63) is 95.3 Å². The molecule has 5 aromatic rings. The van der Waals surface area contributed by atoms with E-state index < -0.39 is 5.82 Å². The molecule has 4 aromatic carbocycles. The molecule has 1 heterocycles. The first-order valence-electron chi connectivity index (χ1n) is 9.23. The van der Waals surface area contributed by atoms with Crippen molar-refractivity contribution in [3.8, 4) is 11.5 Å². The number of rotatable bonds is 3. The van der Waals surface area contributed by atoms with Crippen molar-refractivity contribution in [2.24, 2.45) is 0 Å². The Morgan fingerprint density at radius 3 is 2.67 bits per heavy atom. The van der Waals surface area contributed by atoms with E-state index in [2.05, 4.69) is 10.3 Å². The average molecular weight is 417 g/mol. The first-order valence-corrected chi connectivity index (χ1v) is 9.61. The third-order valence-electron chi connectivity index (χ3n) is 4.84. The lowest BCUT2D eigenvalue weighted by Crippen LogP contribution is -2.12. The maximum Gasteiger partial charge on any atom is 0.256 e. The van der Waals surface area contributed by atoms with Gasteiger partial charge in [0.15, 0.2) is 5.58 Å². The molecule has 1 amide bonds. The highest BCUT2D eigenvalue weighted by atomic mass is 35.5. The van der Waals surface area contributed by atoms with Gasteiger partial charge in [0.2, 0.25) is 5.89 Å². The molecule has 0 spiro atoms. The second-order valence-corrected chi connectivity index (χ2v) is 7.21. The van der Waals surface area contributed by atoms with E-state index in [-0.39, 0.29) is 16.8 Å². The molecule has 0 unspecified atom stereocenters. The van der Waals surface area contributed by atoms with Crippen LogP contribution in [0.25, 0.3) is 33.3 Å². The number of carbonyl (C=O) groups is 1. The molecule has 5 rings (SSSR count). The smallest absolute Gasteiger partial charge is 0.256 e. The number of nitrogens with one attached hydrogen (secondary N) is 1. The number of benzene rings is 4. The minimum atomic E-state index is -0.432. The maximum atomic E-state index is 13.3. The Balaban J connectivity index is 1.47. The van der Waals surface area contributed by atoms with Crippen LogP contribution in [0.1, 0.15) is 10.4 Å². The SMILES string of the molecule is O=C(Nc1ccc2oc(-c3ccc(F)cc3Cl)nc2c1)c1cccc2ccccc12. The highest BCUT2D eigenvalue weighted by molar-refractivity contribution is 6.33. The summed E-state index contributed by atoms with van der Waals surface area (Å²) in [5.74, 6) is -0.359. The number of fused-ring (bicyclic) bond motifs is 2. The zero-order valence-corrected chi connectivity index (χ0v) is 16.3. The summed E-state index contributed by atoms with van der Waals surface area (Å²) in [5.41, 5.74) is 2.77. The quantitative estimate of drug-likeness (QED) is 0.356. The molecule has 0 fully saturated rings. The number of hydrogen-bond donors (Lipinski definition) is 1. The summed E-state index contributed by atoms with van der Waals surface area (Å²) >= 11 is 6.11. The summed E-state index contributed by atoms with van der Waals surface area (Å²) < 4.78 is 19.1. The van der Waals surface area contributed by atoms with E-state index in [1.807, 2.05) is 36.4 Å². The maximum absolute atomic E-state index is 13.3. The molecule has 0 saturated heterocycles. The van der Waals surface area contributed by atoms with Crippen LogP contribution in [0.5, 0.6) is 0 Å². The Morgan fingerprint density at radius 2 is 1.80 bits per heavy atom. The van der Waals surface area contributed by atoms with E-state index in [1.165, 1.54) is 18.2 Å². The fourth-order valence-electron chi connectivity index (χ4n) is 3.41. The van der Waals surface area contributed by atoms with Crippen LogP contribution in [-0.4, -0.2) is 10.9 Å². The van der Waals surface area contributed by atoms with Gasteiger partial charge in [-0.05, 0) is 53.2 Å². The number of oxazole rings is 1. The van der Waals surface area contributed by atoms with Gasteiger partial charge < -0.3 is 9.73 Å². The van der Waals surface area contributed by atoms with Gasteiger partial charge in [-0.15, -0.1) is 0 Å². The zero-order chi connectivity index (χ0) is 20.7. The zero-order valence-electron chi connectivity index (χ0n) is 15.5. The lowest BCUT2D eigenvalue weighted by atomic mass is 10.0. The average Bonchev–Trinajstić information content (AvgIpc) is 3.16. The molecule has 30 heavy (non-hydrogen) atoms. The van der Waals surface area contributed by atoms with Crippen molar-refractivity contribution in [3.63, 3.8) is 0 Å². The van der Waals surface area contributed by atoms with Gasteiger partial charge in [0.05, 0.1) is 10.6 Å². The number of carbonyl (C=O) groups excluding carboxylic acids is 1. The van der Waals surface area contributed by atoms with Crippen LogP contribution in [0.3, 0.4) is 0 Å². The summed E-state index contributed by atoms with van der Waals surface area (Å²) in [6, 6.07) is 22.6. The van der Waals surface area contributed by atoms with Crippen molar-refractivity contribution < 1.29 is 13.6 Å². The molecule has 1 N–H and O–H groups in total. The fourth-order valence-corrected chi connectivity index (χ4v) is 3.65. The highest BCUT2D eigenvalue weighted by Crippen LogP contribution is 2.31. The monoisotopic (exact) mass is 416 g/mol. The van der Waals surface area contributed by atoms with Gasteiger partial charge in [-0.1, -0.05) is 48.0 Å². The van der Waals surface area contributed by atoms with Crippen molar-refractivity contribution in [1.82, 2.24) is 4.98 Å². The summed E-state index contributed by atoms with van der Waals surface area (Å²) in [7, 11) is 0. The van der Waals surface area contributed by atoms with Gasteiger partial charge >= 0.3 is 0 Å².